The third kappa shape index (κ3) is 3.22. The number of amides is 1. The number of phenols is 1. The highest BCUT2D eigenvalue weighted by Gasteiger charge is 2.48. The number of likely N-dealkylation sites (tertiary alicyclic amines) is 1. The van der Waals surface area contributed by atoms with E-state index in [0.717, 1.165) is 24.8 Å². The second-order valence-corrected chi connectivity index (χ2v) is 6.87. The normalized spacial score (nSPS) is 26.4. The molecule has 1 saturated carbocycles. The van der Waals surface area contributed by atoms with Crippen molar-refractivity contribution in [3.8, 4) is 11.8 Å². The van der Waals surface area contributed by atoms with Crippen molar-refractivity contribution in [2.45, 2.75) is 57.3 Å². The van der Waals surface area contributed by atoms with Gasteiger partial charge in [-0.1, -0.05) is 6.07 Å². The van der Waals surface area contributed by atoms with Gasteiger partial charge in [0.1, 0.15) is 6.04 Å². The van der Waals surface area contributed by atoms with E-state index in [4.69, 9.17) is 0 Å². The number of fused-ring (bicyclic) bond motifs is 2. The molecule has 2 aliphatic rings. The summed E-state index contributed by atoms with van der Waals surface area (Å²) in [5.74, 6) is -0.651. The zero-order chi connectivity index (χ0) is 17.3. The van der Waals surface area contributed by atoms with Crippen LogP contribution >= 0.6 is 0 Å². The van der Waals surface area contributed by atoms with Crippen LogP contribution in [-0.2, 0) is 11.3 Å². The number of hydrogen-bond acceptors (Lipinski definition) is 4. The fraction of sp³-hybridized carbons (Fsp3) is 0.556. The zero-order valence-electron chi connectivity index (χ0n) is 13.7. The Kier molecular flexibility index (Phi) is 4.72. The highest BCUT2D eigenvalue weighted by Crippen LogP contribution is 2.42. The van der Waals surface area contributed by atoms with Gasteiger partial charge in [-0.25, -0.2) is 4.39 Å². The molecule has 2 bridgehead atoms. The first kappa shape index (κ1) is 16.7. The molecule has 1 heterocycles. The molecule has 1 aromatic carbocycles. The van der Waals surface area contributed by atoms with Crippen LogP contribution in [0.4, 0.5) is 4.39 Å². The minimum Gasteiger partial charge on any atom is -0.505 e. The molecule has 3 unspecified atom stereocenters. The Labute approximate surface area is 141 Å². The van der Waals surface area contributed by atoms with Crippen molar-refractivity contribution in [3.63, 3.8) is 0 Å². The van der Waals surface area contributed by atoms with Gasteiger partial charge in [-0.3, -0.25) is 4.79 Å². The third-order valence-corrected chi connectivity index (χ3v) is 5.15. The van der Waals surface area contributed by atoms with E-state index in [1.165, 1.54) is 12.1 Å². The summed E-state index contributed by atoms with van der Waals surface area (Å²) in [7, 11) is 0. The molecule has 1 aliphatic heterocycles. The monoisotopic (exact) mass is 331 g/mol. The molecule has 1 aromatic rings. The van der Waals surface area contributed by atoms with Gasteiger partial charge < -0.3 is 15.3 Å². The van der Waals surface area contributed by atoms with Crippen LogP contribution in [0.3, 0.4) is 0 Å². The smallest absolute Gasteiger partial charge is 0.225 e. The third-order valence-electron chi connectivity index (χ3n) is 5.15. The molecule has 1 aliphatic carbocycles. The van der Waals surface area contributed by atoms with Crippen molar-refractivity contribution in [3.05, 3.63) is 29.6 Å². The highest BCUT2D eigenvalue weighted by molar-refractivity contribution is 5.78. The van der Waals surface area contributed by atoms with Gasteiger partial charge in [0.25, 0.3) is 0 Å². The molecule has 1 saturated heterocycles. The number of phenolic OH excluding ortho intramolecular Hbond substituents is 1. The van der Waals surface area contributed by atoms with E-state index in [2.05, 4.69) is 11.4 Å². The minimum absolute atomic E-state index is 0.0238. The molecule has 6 heteroatoms. The largest absolute Gasteiger partial charge is 0.505 e. The van der Waals surface area contributed by atoms with Crippen LogP contribution in [0.15, 0.2) is 18.2 Å². The lowest BCUT2D eigenvalue weighted by molar-refractivity contribution is -0.134. The van der Waals surface area contributed by atoms with Gasteiger partial charge in [0.15, 0.2) is 11.6 Å². The molecule has 4 atom stereocenters. The van der Waals surface area contributed by atoms with E-state index in [9.17, 15) is 19.6 Å². The SMILES string of the molecule is C[C@H](CC(=O)N1C2CCC(C2)C1C#N)NCc1ccc(F)c(O)c1. The van der Waals surface area contributed by atoms with Crippen LogP contribution in [0.25, 0.3) is 0 Å². The summed E-state index contributed by atoms with van der Waals surface area (Å²) < 4.78 is 13.0. The van der Waals surface area contributed by atoms with Crippen molar-refractivity contribution in [2.75, 3.05) is 0 Å². The zero-order valence-corrected chi connectivity index (χ0v) is 13.7. The van der Waals surface area contributed by atoms with E-state index < -0.39 is 5.82 Å². The molecule has 0 spiro atoms. The molecule has 24 heavy (non-hydrogen) atoms. The number of carbonyl (C=O) groups excluding carboxylic acids is 1. The summed E-state index contributed by atoms with van der Waals surface area (Å²) in [6.45, 7) is 2.35. The number of nitriles is 1. The fourth-order valence-electron chi connectivity index (χ4n) is 3.91. The minimum atomic E-state index is -0.645. The first-order valence-corrected chi connectivity index (χ1v) is 8.41. The Balaban J connectivity index is 1.53. The van der Waals surface area contributed by atoms with Crippen molar-refractivity contribution in [1.82, 2.24) is 10.2 Å². The number of carbonyl (C=O) groups is 1. The van der Waals surface area contributed by atoms with E-state index >= 15 is 0 Å². The number of piperidine rings is 1. The lowest BCUT2D eigenvalue weighted by Gasteiger charge is -2.32. The first-order chi connectivity index (χ1) is 11.5. The Morgan fingerprint density at radius 1 is 1.54 bits per heavy atom. The predicted molar refractivity (Wildman–Crippen MR) is 86.4 cm³/mol. The molecule has 0 aromatic heterocycles. The van der Waals surface area contributed by atoms with Crippen LogP contribution in [0, 0.1) is 23.1 Å². The molecule has 2 N–H and O–H groups in total. The maximum atomic E-state index is 13.0. The second-order valence-electron chi connectivity index (χ2n) is 6.87. The van der Waals surface area contributed by atoms with Gasteiger partial charge in [-0.05, 0) is 49.8 Å². The number of aromatic hydroxyl groups is 1. The standard InChI is InChI=1S/C18H22FN3O2/c1-11(21-10-12-2-5-15(19)17(23)7-12)6-18(24)22-14-4-3-13(8-14)16(22)9-20/h2,5,7,11,13-14,16,21,23H,3-4,6,8,10H2,1H3/t11-,13?,14?,16?/m1/s1. The first-order valence-electron chi connectivity index (χ1n) is 8.41. The number of halogens is 1. The van der Waals surface area contributed by atoms with Crippen LogP contribution < -0.4 is 5.32 Å². The Morgan fingerprint density at radius 2 is 2.33 bits per heavy atom. The summed E-state index contributed by atoms with van der Waals surface area (Å²) in [5.41, 5.74) is 0.753. The molecule has 5 nitrogen and oxygen atoms in total. The van der Waals surface area contributed by atoms with Crippen LogP contribution in [-0.4, -0.2) is 34.0 Å². The summed E-state index contributed by atoms with van der Waals surface area (Å²) in [5, 5.41) is 21.9. The average Bonchev–Trinajstić information content (AvgIpc) is 3.16. The molecular weight excluding hydrogens is 309 g/mol. The summed E-state index contributed by atoms with van der Waals surface area (Å²) in [6, 6.07) is 6.39. The number of rotatable bonds is 5. The van der Waals surface area contributed by atoms with Crippen molar-refractivity contribution in [1.29, 1.82) is 5.26 Å². The van der Waals surface area contributed by atoms with E-state index in [1.807, 2.05) is 6.92 Å². The Bertz CT molecular complexity index is 673. The van der Waals surface area contributed by atoms with Gasteiger partial charge in [0.05, 0.1) is 6.07 Å². The van der Waals surface area contributed by atoms with E-state index in [1.54, 1.807) is 11.0 Å². The van der Waals surface area contributed by atoms with Crippen LogP contribution in [0.1, 0.15) is 38.2 Å². The van der Waals surface area contributed by atoms with E-state index in [0.29, 0.717) is 18.9 Å². The van der Waals surface area contributed by atoms with E-state index in [-0.39, 0.29) is 29.8 Å². The Hall–Kier alpha value is -2.13. The number of nitrogens with zero attached hydrogens (tertiary/aromatic N) is 2. The van der Waals surface area contributed by atoms with Crippen LogP contribution in [0.2, 0.25) is 0 Å². The fourth-order valence-corrected chi connectivity index (χ4v) is 3.91. The molecule has 0 radical (unpaired) electrons. The Morgan fingerprint density at radius 3 is 3.04 bits per heavy atom. The molecule has 2 fully saturated rings. The van der Waals surface area contributed by atoms with Gasteiger partial charge in [0.2, 0.25) is 5.91 Å². The number of hydrogen-bond donors (Lipinski definition) is 2. The quantitative estimate of drug-likeness (QED) is 0.868. The predicted octanol–water partition coefficient (Wildman–Crippen LogP) is 2.30. The highest BCUT2D eigenvalue weighted by atomic mass is 19.1. The second kappa shape index (κ2) is 6.78. The van der Waals surface area contributed by atoms with Gasteiger partial charge in [-0.15, -0.1) is 0 Å². The van der Waals surface area contributed by atoms with Gasteiger partial charge in [-0.2, -0.15) is 5.26 Å². The molecule has 3 rings (SSSR count). The van der Waals surface area contributed by atoms with Crippen molar-refractivity contribution in [2.24, 2.45) is 5.92 Å². The van der Waals surface area contributed by atoms with Gasteiger partial charge in [0, 0.05) is 25.0 Å². The maximum absolute atomic E-state index is 13.0. The summed E-state index contributed by atoms with van der Waals surface area (Å²) >= 11 is 0. The van der Waals surface area contributed by atoms with Crippen molar-refractivity contribution < 1.29 is 14.3 Å². The lowest BCUT2D eigenvalue weighted by Crippen LogP contribution is -2.46. The summed E-state index contributed by atoms with van der Waals surface area (Å²) in [4.78, 5) is 14.4. The molecule has 128 valence electrons. The maximum Gasteiger partial charge on any atom is 0.225 e. The summed E-state index contributed by atoms with van der Waals surface area (Å²) in [6.07, 6.45) is 3.34. The van der Waals surface area contributed by atoms with Crippen LogP contribution in [0.5, 0.6) is 5.75 Å². The average molecular weight is 331 g/mol. The van der Waals surface area contributed by atoms with Crippen molar-refractivity contribution >= 4 is 5.91 Å². The molecular formula is C18H22FN3O2. The number of benzene rings is 1. The lowest BCUT2D eigenvalue weighted by atomic mass is 9.99. The number of nitrogens with one attached hydrogen (secondary N) is 1. The molecule has 1 amide bonds. The van der Waals surface area contributed by atoms with Gasteiger partial charge >= 0.3 is 0 Å². The topological polar surface area (TPSA) is 76.4 Å².